The molecule has 0 unspecified atom stereocenters. The van der Waals surface area contributed by atoms with Gasteiger partial charge in [0.1, 0.15) is 0 Å². The van der Waals surface area contributed by atoms with Crippen LogP contribution in [0, 0.1) is 5.92 Å². The largest absolute Gasteiger partial charge is 0.404 e. The molecule has 0 saturated heterocycles. The molecule has 0 aliphatic carbocycles. The number of nitrogens with two attached hydrogens (primary N) is 1. The van der Waals surface area contributed by atoms with E-state index in [1.807, 2.05) is 12.3 Å². The molecule has 0 bridgehead atoms. The molecule has 1 rings (SSSR count). The van der Waals surface area contributed by atoms with E-state index in [9.17, 15) is 0 Å². The van der Waals surface area contributed by atoms with Gasteiger partial charge in [0.15, 0.2) is 0 Å². The van der Waals surface area contributed by atoms with E-state index in [0.717, 1.165) is 17.7 Å². The normalized spacial score (nSPS) is 12.6. The lowest BCUT2D eigenvalue weighted by Crippen LogP contribution is -1.98. The molecule has 16 heavy (non-hydrogen) atoms. The Labute approximate surface area is 97.1 Å². The number of nitrogens with zero attached hydrogens (tertiary/aromatic N) is 2. The first-order valence-corrected chi connectivity index (χ1v) is 5.46. The molecule has 0 fully saturated rings. The third-order valence-corrected chi connectivity index (χ3v) is 2.21. The van der Waals surface area contributed by atoms with Crippen LogP contribution in [0.5, 0.6) is 0 Å². The van der Waals surface area contributed by atoms with Gasteiger partial charge in [0.2, 0.25) is 0 Å². The average molecular weight is 217 g/mol. The van der Waals surface area contributed by atoms with Crippen molar-refractivity contribution in [1.82, 2.24) is 4.98 Å². The van der Waals surface area contributed by atoms with Crippen LogP contribution in [0.15, 0.2) is 29.5 Å². The molecule has 0 aliphatic heterocycles. The highest BCUT2D eigenvalue weighted by Gasteiger charge is 2.01. The molecule has 3 nitrogen and oxygen atoms in total. The summed E-state index contributed by atoms with van der Waals surface area (Å²) in [6.45, 7) is 4.39. The predicted molar refractivity (Wildman–Crippen MR) is 69.4 cm³/mol. The molecule has 0 spiro atoms. The first-order chi connectivity index (χ1) is 7.67. The van der Waals surface area contributed by atoms with Crippen LogP contribution in [0.1, 0.15) is 25.1 Å². The third kappa shape index (κ3) is 3.50. The zero-order valence-electron chi connectivity index (χ0n) is 10.1. The van der Waals surface area contributed by atoms with E-state index in [0.29, 0.717) is 5.92 Å². The Bertz CT molecular complexity index is 375. The summed E-state index contributed by atoms with van der Waals surface area (Å²) in [7, 11) is 1.72. The topological polar surface area (TPSA) is 51.3 Å². The van der Waals surface area contributed by atoms with Gasteiger partial charge in [0.05, 0.1) is 5.69 Å². The van der Waals surface area contributed by atoms with Gasteiger partial charge in [-0.15, -0.1) is 0 Å². The highest BCUT2D eigenvalue weighted by molar-refractivity contribution is 6.08. The number of rotatable bonds is 4. The summed E-state index contributed by atoms with van der Waals surface area (Å²) in [6, 6.07) is 4.08. The molecule has 0 aromatic carbocycles. The van der Waals surface area contributed by atoms with Crippen LogP contribution >= 0.6 is 0 Å². The van der Waals surface area contributed by atoms with Crippen molar-refractivity contribution in [3.8, 4) is 0 Å². The molecular weight excluding hydrogens is 198 g/mol. The molecule has 3 heteroatoms. The average Bonchev–Trinajstić information content (AvgIpc) is 2.26. The van der Waals surface area contributed by atoms with Crippen molar-refractivity contribution in [2.45, 2.75) is 20.3 Å². The number of allylic oxidation sites excluding steroid dienone is 1. The lowest BCUT2D eigenvalue weighted by atomic mass is 10.0. The maximum absolute atomic E-state index is 5.52. The Hall–Kier alpha value is -1.64. The second-order valence-electron chi connectivity index (χ2n) is 4.16. The molecule has 0 amide bonds. The van der Waals surface area contributed by atoms with Crippen LogP contribution < -0.4 is 5.73 Å². The maximum atomic E-state index is 5.52. The predicted octanol–water partition coefficient (Wildman–Crippen LogP) is 2.28. The lowest BCUT2D eigenvalue weighted by Gasteiger charge is -2.05. The van der Waals surface area contributed by atoms with E-state index >= 15 is 0 Å². The van der Waals surface area contributed by atoms with Gasteiger partial charge < -0.3 is 5.73 Å². The highest BCUT2D eigenvalue weighted by Crippen LogP contribution is 2.11. The Kier molecular flexibility index (Phi) is 4.70. The van der Waals surface area contributed by atoms with Crippen LogP contribution in [-0.4, -0.2) is 18.2 Å². The van der Waals surface area contributed by atoms with Gasteiger partial charge in [-0.3, -0.25) is 9.98 Å². The molecule has 0 radical (unpaired) electrons. The number of hydrogen-bond donors (Lipinski definition) is 1. The fourth-order valence-corrected chi connectivity index (χ4v) is 1.52. The fourth-order valence-electron chi connectivity index (χ4n) is 1.52. The van der Waals surface area contributed by atoms with E-state index in [1.165, 1.54) is 11.8 Å². The number of pyridine rings is 1. The summed E-state index contributed by atoms with van der Waals surface area (Å²) in [5.41, 5.74) is 8.48. The minimum absolute atomic E-state index is 0.648. The summed E-state index contributed by atoms with van der Waals surface area (Å²) in [5, 5.41) is 0. The summed E-state index contributed by atoms with van der Waals surface area (Å²) < 4.78 is 0. The molecule has 2 N–H and O–H groups in total. The highest BCUT2D eigenvalue weighted by atomic mass is 14.7. The molecule has 1 heterocycles. The van der Waals surface area contributed by atoms with Crippen molar-refractivity contribution in [1.29, 1.82) is 0 Å². The van der Waals surface area contributed by atoms with Gasteiger partial charge in [-0.2, -0.15) is 0 Å². The second-order valence-corrected chi connectivity index (χ2v) is 4.16. The summed E-state index contributed by atoms with van der Waals surface area (Å²) in [6.07, 6.45) is 6.20. The lowest BCUT2D eigenvalue weighted by molar-refractivity contribution is 0.645. The fraction of sp³-hybridized carbons (Fsp3) is 0.385. The monoisotopic (exact) mass is 217 g/mol. The van der Waals surface area contributed by atoms with Crippen LogP contribution in [0.25, 0.3) is 5.57 Å². The van der Waals surface area contributed by atoms with Gasteiger partial charge in [-0.25, -0.2) is 0 Å². The summed E-state index contributed by atoms with van der Waals surface area (Å²) in [4.78, 5) is 8.32. The SMILES string of the molecule is CN=CC(=CN)c1ccc(CC(C)C)cn1. The standard InChI is InChI=1S/C13H19N3/c1-10(2)6-11-4-5-13(16-8-11)12(7-14)9-15-3/h4-5,7-10H,6,14H2,1-3H3. The van der Waals surface area contributed by atoms with Gasteiger partial charge in [0.25, 0.3) is 0 Å². The van der Waals surface area contributed by atoms with Crippen molar-refractivity contribution >= 4 is 11.8 Å². The molecule has 0 atom stereocenters. The zero-order chi connectivity index (χ0) is 12.0. The Morgan fingerprint density at radius 2 is 2.25 bits per heavy atom. The molecule has 86 valence electrons. The molecule has 1 aromatic rings. The second kappa shape index (κ2) is 6.05. The van der Waals surface area contributed by atoms with Crippen molar-refractivity contribution in [2.75, 3.05) is 7.05 Å². The number of hydrogen-bond acceptors (Lipinski definition) is 3. The van der Waals surface area contributed by atoms with E-state index in [-0.39, 0.29) is 0 Å². The van der Waals surface area contributed by atoms with E-state index in [2.05, 4.69) is 29.9 Å². The van der Waals surface area contributed by atoms with Crippen molar-refractivity contribution in [3.05, 3.63) is 35.8 Å². The quantitative estimate of drug-likeness (QED) is 0.787. The van der Waals surface area contributed by atoms with Crippen LogP contribution in [-0.2, 0) is 6.42 Å². The Balaban J connectivity index is 2.85. The van der Waals surface area contributed by atoms with E-state index in [4.69, 9.17) is 5.73 Å². The Morgan fingerprint density at radius 1 is 1.50 bits per heavy atom. The van der Waals surface area contributed by atoms with E-state index in [1.54, 1.807) is 13.3 Å². The molecular formula is C13H19N3. The van der Waals surface area contributed by atoms with Crippen LogP contribution in [0.2, 0.25) is 0 Å². The van der Waals surface area contributed by atoms with Crippen molar-refractivity contribution in [3.63, 3.8) is 0 Å². The maximum Gasteiger partial charge on any atom is 0.0731 e. The molecule has 0 saturated carbocycles. The Morgan fingerprint density at radius 3 is 2.69 bits per heavy atom. The minimum atomic E-state index is 0.648. The van der Waals surface area contributed by atoms with E-state index < -0.39 is 0 Å². The minimum Gasteiger partial charge on any atom is -0.404 e. The summed E-state index contributed by atoms with van der Waals surface area (Å²) in [5.74, 6) is 0.648. The van der Waals surface area contributed by atoms with Gasteiger partial charge in [-0.1, -0.05) is 19.9 Å². The first-order valence-electron chi connectivity index (χ1n) is 5.46. The van der Waals surface area contributed by atoms with Crippen LogP contribution in [0.3, 0.4) is 0 Å². The summed E-state index contributed by atoms with van der Waals surface area (Å²) >= 11 is 0. The number of aliphatic imine (C=N–C) groups is 1. The van der Waals surface area contributed by atoms with Gasteiger partial charge in [0, 0.05) is 31.2 Å². The molecule has 0 aliphatic rings. The zero-order valence-corrected chi connectivity index (χ0v) is 10.1. The molecule has 1 aromatic heterocycles. The van der Waals surface area contributed by atoms with Crippen LogP contribution in [0.4, 0.5) is 0 Å². The smallest absolute Gasteiger partial charge is 0.0731 e. The van der Waals surface area contributed by atoms with Crippen molar-refractivity contribution in [2.24, 2.45) is 16.6 Å². The van der Waals surface area contributed by atoms with Gasteiger partial charge in [-0.05, 0) is 24.0 Å². The number of aromatic nitrogens is 1. The third-order valence-electron chi connectivity index (χ3n) is 2.21. The first kappa shape index (κ1) is 12.4. The van der Waals surface area contributed by atoms with Crippen molar-refractivity contribution < 1.29 is 0 Å². The van der Waals surface area contributed by atoms with Gasteiger partial charge >= 0.3 is 0 Å².